The number of hydrogen-bond acceptors (Lipinski definition) is 4. The van der Waals surface area contributed by atoms with E-state index in [0.29, 0.717) is 24.3 Å². The van der Waals surface area contributed by atoms with Gasteiger partial charge in [0.25, 0.3) is 0 Å². The quantitative estimate of drug-likeness (QED) is 0.878. The van der Waals surface area contributed by atoms with Crippen LogP contribution in [0.1, 0.15) is 31.4 Å². The Bertz CT molecular complexity index is 716. The standard InChI is InChI=1S/C17H21F2N3O2/c1-17(10-23,11-24)22-16(6-7-20-22)21-8-2-3-15(21)13-9-12(18)4-5-14(13)19/h4-7,9,15,23-24H,2-3,8,10-11H2,1H3. The maximum Gasteiger partial charge on any atom is 0.128 e. The van der Waals surface area contributed by atoms with E-state index in [1.165, 1.54) is 6.07 Å². The van der Waals surface area contributed by atoms with E-state index in [9.17, 15) is 19.0 Å². The van der Waals surface area contributed by atoms with Crippen LogP contribution in [-0.2, 0) is 5.54 Å². The zero-order valence-electron chi connectivity index (χ0n) is 13.5. The van der Waals surface area contributed by atoms with Crippen molar-refractivity contribution in [2.24, 2.45) is 0 Å². The highest BCUT2D eigenvalue weighted by Gasteiger charge is 2.35. The normalized spacial score (nSPS) is 18.4. The number of nitrogens with zero attached hydrogens (tertiary/aromatic N) is 3. The van der Waals surface area contributed by atoms with Crippen LogP contribution in [0.25, 0.3) is 0 Å². The Morgan fingerprint density at radius 3 is 2.71 bits per heavy atom. The monoisotopic (exact) mass is 337 g/mol. The molecule has 0 amide bonds. The second-order valence-electron chi connectivity index (χ2n) is 6.43. The molecule has 0 radical (unpaired) electrons. The molecule has 5 nitrogen and oxygen atoms in total. The van der Waals surface area contributed by atoms with Crippen molar-refractivity contribution in [1.82, 2.24) is 9.78 Å². The lowest BCUT2D eigenvalue weighted by molar-refractivity contribution is 0.0690. The van der Waals surface area contributed by atoms with Gasteiger partial charge in [-0.1, -0.05) is 0 Å². The maximum atomic E-state index is 14.2. The molecular formula is C17H21F2N3O2. The number of aromatic nitrogens is 2. The highest BCUT2D eigenvalue weighted by atomic mass is 19.1. The molecule has 1 unspecified atom stereocenters. The number of aliphatic hydroxyl groups excluding tert-OH is 2. The number of halogens is 2. The van der Waals surface area contributed by atoms with E-state index in [1.54, 1.807) is 23.9 Å². The topological polar surface area (TPSA) is 61.5 Å². The largest absolute Gasteiger partial charge is 0.394 e. The molecule has 2 N–H and O–H groups in total. The smallest absolute Gasteiger partial charge is 0.128 e. The zero-order valence-corrected chi connectivity index (χ0v) is 13.5. The summed E-state index contributed by atoms with van der Waals surface area (Å²) in [6, 6.07) is 4.94. The molecule has 3 rings (SSSR count). The first-order chi connectivity index (χ1) is 11.5. The Kier molecular flexibility index (Phi) is 4.56. The van der Waals surface area contributed by atoms with Gasteiger partial charge in [-0.2, -0.15) is 5.10 Å². The first-order valence-electron chi connectivity index (χ1n) is 7.98. The van der Waals surface area contributed by atoms with Gasteiger partial charge in [-0.25, -0.2) is 13.5 Å². The second-order valence-corrected chi connectivity index (χ2v) is 6.43. The first kappa shape index (κ1) is 16.9. The van der Waals surface area contributed by atoms with Gasteiger partial charge in [-0.15, -0.1) is 0 Å². The van der Waals surface area contributed by atoms with Crippen molar-refractivity contribution in [2.45, 2.75) is 31.3 Å². The van der Waals surface area contributed by atoms with E-state index in [4.69, 9.17) is 0 Å². The number of rotatable bonds is 5. The van der Waals surface area contributed by atoms with Gasteiger partial charge in [0, 0.05) is 18.2 Å². The molecule has 0 saturated carbocycles. The van der Waals surface area contributed by atoms with Crippen LogP contribution < -0.4 is 4.90 Å². The predicted molar refractivity (Wildman–Crippen MR) is 85.7 cm³/mol. The SMILES string of the molecule is CC(CO)(CO)n1nccc1N1CCCC1c1cc(F)ccc1F. The van der Waals surface area contributed by atoms with Crippen molar-refractivity contribution in [2.75, 3.05) is 24.7 Å². The molecule has 1 saturated heterocycles. The number of anilines is 1. The van der Waals surface area contributed by atoms with Gasteiger partial charge in [-0.05, 0) is 38.0 Å². The lowest BCUT2D eigenvalue weighted by Gasteiger charge is -2.33. The summed E-state index contributed by atoms with van der Waals surface area (Å²) < 4.78 is 29.3. The van der Waals surface area contributed by atoms with Crippen LogP contribution in [0.3, 0.4) is 0 Å². The third-order valence-corrected chi connectivity index (χ3v) is 4.68. The van der Waals surface area contributed by atoms with Crippen molar-refractivity contribution in [3.63, 3.8) is 0 Å². The highest BCUT2D eigenvalue weighted by Crippen LogP contribution is 2.38. The van der Waals surface area contributed by atoms with Crippen molar-refractivity contribution in [1.29, 1.82) is 0 Å². The average molecular weight is 337 g/mol. The summed E-state index contributed by atoms with van der Waals surface area (Å²) in [5.74, 6) is -0.236. The summed E-state index contributed by atoms with van der Waals surface area (Å²) in [5.41, 5.74) is -0.651. The van der Waals surface area contributed by atoms with Gasteiger partial charge < -0.3 is 15.1 Å². The average Bonchev–Trinajstić information content (AvgIpc) is 3.24. The van der Waals surface area contributed by atoms with E-state index in [1.807, 2.05) is 4.90 Å². The van der Waals surface area contributed by atoms with Gasteiger partial charge >= 0.3 is 0 Å². The maximum absolute atomic E-state index is 14.2. The van der Waals surface area contributed by atoms with Gasteiger partial charge in [0.2, 0.25) is 0 Å². The molecule has 1 aromatic heterocycles. The Morgan fingerprint density at radius 1 is 1.25 bits per heavy atom. The van der Waals surface area contributed by atoms with Crippen LogP contribution >= 0.6 is 0 Å². The van der Waals surface area contributed by atoms with Crippen LogP contribution in [0, 0.1) is 11.6 Å². The molecule has 1 aliphatic heterocycles. The molecule has 0 aliphatic carbocycles. The fourth-order valence-corrected chi connectivity index (χ4v) is 3.25. The molecule has 24 heavy (non-hydrogen) atoms. The summed E-state index contributed by atoms with van der Waals surface area (Å²) in [4.78, 5) is 1.95. The molecule has 0 spiro atoms. The Morgan fingerprint density at radius 2 is 2.00 bits per heavy atom. The molecule has 1 aromatic carbocycles. The van der Waals surface area contributed by atoms with Crippen LogP contribution in [0.2, 0.25) is 0 Å². The van der Waals surface area contributed by atoms with E-state index in [2.05, 4.69) is 5.10 Å². The summed E-state index contributed by atoms with van der Waals surface area (Å²) in [6.45, 7) is 1.78. The lowest BCUT2D eigenvalue weighted by Crippen LogP contribution is -2.41. The minimum atomic E-state index is -0.966. The summed E-state index contributed by atoms with van der Waals surface area (Å²) in [7, 11) is 0. The number of benzene rings is 1. The van der Waals surface area contributed by atoms with Crippen LogP contribution in [0.4, 0.5) is 14.6 Å². The molecule has 7 heteroatoms. The summed E-state index contributed by atoms with van der Waals surface area (Å²) in [5, 5.41) is 23.5. The first-order valence-corrected chi connectivity index (χ1v) is 7.98. The Labute approximate surface area is 139 Å². The van der Waals surface area contributed by atoms with Crippen molar-refractivity contribution >= 4 is 5.82 Å². The summed E-state index contributed by atoms with van der Waals surface area (Å²) in [6.07, 6.45) is 3.11. The van der Waals surface area contributed by atoms with Crippen molar-refractivity contribution < 1.29 is 19.0 Å². The van der Waals surface area contributed by atoms with E-state index >= 15 is 0 Å². The van der Waals surface area contributed by atoms with Crippen molar-refractivity contribution in [3.8, 4) is 0 Å². The van der Waals surface area contributed by atoms with Crippen molar-refractivity contribution in [3.05, 3.63) is 47.7 Å². The predicted octanol–water partition coefficient (Wildman–Crippen LogP) is 2.20. The van der Waals surface area contributed by atoms with Crippen LogP contribution in [-0.4, -0.2) is 39.8 Å². The molecule has 0 bridgehead atoms. The van der Waals surface area contributed by atoms with E-state index in [0.717, 1.165) is 18.6 Å². The third-order valence-electron chi connectivity index (χ3n) is 4.68. The van der Waals surface area contributed by atoms with E-state index < -0.39 is 17.2 Å². The minimum Gasteiger partial charge on any atom is -0.394 e. The Balaban J connectivity index is 2.01. The van der Waals surface area contributed by atoms with Gasteiger partial charge in [0.15, 0.2) is 0 Å². The summed E-state index contributed by atoms with van der Waals surface area (Å²) >= 11 is 0. The zero-order chi connectivity index (χ0) is 17.3. The van der Waals surface area contributed by atoms with Gasteiger partial charge in [0.05, 0.1) is 25.5 Å². The lowest BCUT2D eigenvalue weighted by atomic mass is 10.0. The van der Waals surface area contributed by atoms with Gasteiger partial charge in [-0.3, -0.25) is 0 Å². The molecule has 2 aromatic rings. The van der Waals surface area contributed by atoms with Crippen LogP contribution in [0.15, 0.2) is 30.5 Å². The molecular weight excluding hydrogens is 316 g/mol. The fourth-order valence-electron chi connectivity index (χ4n) is 3.25. The minimum absolute atomic E-state index is 0.287. The molecule has 1 aliphatic rings. The van der Waals surface area contributed by atoms with Crippen LogP contribution in [0.5, 0.6) is 0 Å². The Hall–Kier alpha value is -1.99. The highest BCUT2D eigenvalue weighted by molar-refractivity contribution is 5.45. The second kappa shape index (κ2) is 6.49. The molecule has 1 fully saturated rings. The number of hydrogen-bond donors (Lipinski definition) is 2. The number of aliphatic hydroxyl groups is 2. The van der Waals surface area contributed by atoms with Gasteiger partial charge in [0.1, 0.15) is 23.0 Å². The van der Waals surface area contributed by atoms with E-state index in [-0.39, 0.29) is 19.3 Å². The molecule has 130 valence electrons. The molecule has 1 atom stereocenters. The molecule has 2 heterocycles. The third kappa shape index (κ3) is 2.78. The fraction of sp³-hybridized carbons (Fsp3) is 0.471.